The number of aldehydes is 1. The molecule has 7 heteroatoms. The summed E-state index contributed by atoms with van der Waals surface area (Å²) in [5, 5.41) is -1.37. The third kappa shape index (κ3) is 2.69. The predicted molar refractivity (Wildman–Crippen MR) is 57.7 cm³/mol. The van der Waals surface area contributed by atoms with E-state index in [1.54, 1.807) is 12.2 Å². The van der Waals surface area contributed by atoms with Gasteiger partial charge in [-0.3, -0.25) is 9.10 Å². The molecule has 0 fully saturated rings. The molecule has 6 nitrogen and oxygen atoms in total. The number of carbonyl (C=O) groups excluding carboxylic acids is 2. The molecule has 2 N–H and O–H groups in total. The normalized spacial score (nSPS) is 15.8. The number of allylic oxidation sites excluding steroid dienone is 2. The number of sulfonamides is 1. The first-order valence-electron chi connectivity index (χ1n) is 4.60. The van der Waals surface area contributed by atoms with E-state index in [1.165, 1.54) is 6.20 Å². The Kier molecular flexibility index (Phi) is 3.83. The molecule has 0 bridgehead atoms. The van der Waals surface area contributed by atoms with Crippen molar-refractivity contribution in [3.05, 3.63) is 23.9 Å². The summed E-state index contributed by atoms with van der Waals surface area (Å²) in [6.07, 6.45) is 6.21. The number of primary amides is 1. The minimum Gasteiger partial charge on any atom is -0.355 e. The fourth-order valence-corrected chi connectivity index (χ4v) is 1.94. The molecule has 88 valence electrons. The van der Waals surface area contributed by atoms with Crippen LogP contribution in [0.2, 0.25) is 0 Å². The average molecular weight is 244 g/mol. The molecule has 0 aliphatic carbocycles. The molecule has 0 aromatic rings. The van der Waals surface area contributed by atoms with Gasteiger partial charge in [-0.05, 0) is 18.1 Å². The molecule has 1 heterocycles. The molecule has 1 aliphatic rings. The SMILES string of the molecule is NC(=O)S(=O)(=O)N1C=CC(CCC=O)=CC1. The molecule has 0 unspecified atom stereocenters. The lowest BCUT2D eigenvalue weighted by atomic mass is 10.1. The summed E-state index contributed by atoms with van der Waals surface area (Å²) in [7, 11) is -4.07. The Balaban J connectivity index is 2.69. The molecule has 0 radical (unpaired) electrons. The van der Waals surface area contributed by atoms with E-state index < -0.39 is 15.3 Å². The van der Waals surface area contributed by atoms with E-state index in [1.807, 2.05) is 0 Å². The lowest BCUT2D eigenvalue weighted by Crippen LogP contribution is -2.36. The van der Waals surface area contributed by atoms with E-state index in [2.05, 4.69) is 0 Å². The van der Waals surface area contributed by atoms with Gasteiger partial charge in [0.05, 0.1) is 6.54 Å². The highest BCUT2D eigenvalue weighted by Gasteiger charge is 2.25. The minimum atomic E-state index is -4.07. The number of nitrogens with two attached hydrogens (primary N) is 1. The van der Waals surface area contributed by atoms with Gasteiger partial charge >= 0.3 is 15.3 Å². The average Bonchev–Trinajstić information content (AvgIpc) is 2.26. The van der Waals surface area contributed by atoms with Crippen molar-refractivity contribution in [2.24, 2.45) is 5.73 Å². The summed E-state index contributed by atoms with van der Waals surface area (Å²) in [4.78, 5) is 20.8. The standard InChI is InChI=1S/C9H12N2O4S/c10-9(13)16(14,15)11-5-3-8(4-6-11)2-1-7-12/h3-5,7H,1-2,6H2,(H2,10,13). The maximum Gasteiger partial charge on any atom is 0.354 e. The van der Waals surface area contributed by atoms with Crippen LogP contribution in [0, 0.1) is 0 Å². The van der Waals surface area contributed by atoms with E-state index in [0.29, 0.717) is 12.8 Å². The second-order valence-electron chi connectivity index (χ2n) is 3.19. The molecular weight excluding hydrogens is 232 g/mol. The number of amides is 1. The highest BCUT2D eigenvalue weighted by molar-refractivity contribution is 8.04. The van der Waals surface area contributed by atoms with E-state index in [-0.39, 0.29) is 6.54 Å². The second-order valence-corrected chi connectivity index (χ2v) is 5.02. The molecular formula is C9H12N2O4S. The van der Waals surface area contributed by atoms with Crippen molar-refractivity contribution in [3.63, 3.8) is 0 Å². The number of hydrogen-bond acceptors (Lipinski definition) is 4. The molecule has 1 aliphatic heterocycles. The topological polar surface area (TPSA) is 97.5 Å². The zero-order valence-corrected chi connectivity index (χ0v) is 9.31. The Morgan fingerprint density at radius 3 is 2.69 bits per heavy atom. The van der Waals surface area contributed by atoms with E-state index in [4.69, 9.17) is 5.73 Å². The van der Waals surface area contributed by atoms with E-state index in [9.17, 15) is 18.0 Å². The van der Waals surface area contributed by atoms with Crippen LogP contribution in [0.1, 0.15) is 12.8 Å². The van der Waals surface area contributed by atoms with Crippen LogP contribution >= 0.6 is 0 Å². The van der Waals surface area contributed by atoms with Crippen molar-refractivity contribution in [3.8, 4) is 0 Å². The highest BCUT2D eigenvalue weighted by Crippen LogP contribution is 2.14. The Morgan fingerprint density at radius 1 is 1.56 bits per heavy atom. The molecule has 0 saturated heterocycles. The van der Waals surface area contributed by atoms with Gasteiger partial charge in [0.25, 0.3) is 0 Å². The van der Waals surface area contributed by atoms with Crippen LogP contribution < -0.4 is 5.73 Å². The molecule has 1 rings (SSSR count). The van der Waals surface area contributed by atoms with Crippen LogP contribution in [0.5, 0.6) is 0 Å². The quantitative estimate of drug-likeness (QED) is 0.710. The first-order chi connectivity index (χ1) is 7.48. The zero-order valence-electron chi connectivity index (χ0n) is 8.50. The highest BCUT2D eigenvalue weighted by atomic mass is 32.2. The largest absolute Gasteiger partial charge is 0.355 e. The van der Waals surface area contributed by atoms with Gasteiger partial charge in [-0.25, -0.2) is 0 Å². The molecule has 0 spiro atoms. The zero-order chi connectivity index (χ0) is 12.2. The molecule has 0 saturated carbocycles. The van der Waals surface area contributed by atoms with Crippen LogP contribution in [0.3, 0.4) is 0 Å². The van der Waals surface area contributed by atoms with Crippen molar-refractivity contribution in [2.75, 3.05) is 6.54 Å². The van der Waals surface area contributed by atoms with Gasteiger partial charge in [0, 0.05) is 12.6 Å². The summed E-state index contributed by atoms with van der Waals surface area (Å²) >= 11 is 0. The summed E-state index contributed by atoms with van der Waals surface area (Å²) < 4.78 is 23.5. The smallest absolute Gasteiger partial charge is 0.354 e. The van der Waals surface area contributed by atoms with Crippen molar-refractivity contribution < 1.29 is 18.0 Å². The van der Waals surface area contributed by atoms with Gasteiger partial charge in [-0.1, -0.05) is 6.08 Å². The first kappa shape index (κ1) is 12.4. The van der Waals surface area contributed by atoms with Gasteiger partial charge in [0.15, 0.2) is 0 Å². The van der Waals surface area contributed by atoms with Crippen molar-refractivity contribution in [1.29, 1.82) is 0 Å². The Labute approximate surface area is 93.5 Å². The van der Waals surface area contributed by atoms with Crippen LogP contribution in [-0.4, -0.2) is 30.8 Å². The summed E-state index contributed by atoms with van der Waals surface area (Å²) in [5.74, 6) is 0. The maximum absolute atomic E-state index is 11.3. The van der Waals surface area contributed by atoms with E-state index >= 15 is 0 Å². The van der Waals surface area contributed by atoms with E-state index in [0.717, 1.165) is 16.2 Å². The first-order valence-corrected chi connectivity index (χ1v) is 6.04. The van der Waals surface area contributed by atoms with Crippen LogP contribution in [0.15, 0.2) is 23.9 Å². The van der Waals surface area contributed by atoms with Gasteiger partial charge < -0.3 is 10.5 Å². The molecule has 1 amide bonds. The minimum absolute atomic E-state index is 0.0654. The second kappa shape index (κ2) is 4.93. The maximum atomic E-state index is 11.3. The van der Waals surface area contributed by atoms with Crippen LogP contribution in [0.4, 0.5) is 4.79 Å². The fourth-order valence-electron chi connectivity index (χ4n) is 1.22. The lowest BCUT2D eigenvalue weighted by molar-refractivity contribution is -0.107. The van der Waals surface area contributed by atoms with Crippen LogP contribution in [-0.2, 0) is 14.8 Å². The fraction of sp³-hybridized carbons (Fsp3) is 0.333. The molecule has 0 aromatic carbocycles. The number of hydrogen-bond donors (Lipinski definition) is 1. The summed E-state index contributed by atoms with van der Waals surface area (Å²) in [5.41, 5.74) is 5.61. The third-order valence-corrected chi connectivity index (χ3v) is 3.50. The summed E-state index contributed by atoms with van der Waals surface area (Å²) in [6.45, 7) is 0.0654. The predicted octanol–water partition coefficient (Wildman–Crippen LogP) is 0.130. The molecule has 0 atom stereocenters. The molecule has 0 aromatic heterocycles. The van der Waals surface area contributed by atoms with Crippen molar-refractivity contribution in [2.45, 2.75) is 12.8 Å². The number of rotatable bonds is 4. The molecule has 16 heavy (non-hydrogen) atoms. The number of carbonyl (C=O) groups is 2. The van der Waals surface area contributed by atoms with Gasteiger partial charge in [0.2, 0.25) is 0 Å². The van der Waals surface area contributed by atoms with Crippen LogP contribution in [0.25, 0.3) is 0 Å². The van der Waals surface area contributed by atoms with Crippen molar-refractivity contribution in [1.82, 2.24) is 4.31 Å². The Bertz CT molecular complexity index is 450. The van der Waals surface area contributed by atoms with Gasteiger partial charge in [-0.15, -0.1) is 0 Å². The summed E-state index contributed by atoms with van der Waals surface area (Å²) in [6, 6.07) is 0. The number of nitrogens with zero attached hydrogens (tertiary/aromatic N) is 1. The third-order valence-electron chi connectivity index (χ3n) is 2.10. The van der Waals surface area contributed by atoms with Gasteiger partial charge in [-0.2, -0.15) is 8.42 Å². The monoisotopic (exact) mass is 244 g/mol. The van der Waals surface area contributed by atoms with Gasteiger partial charge in [0.1, 0.15) is 6.29 Å². The lowest BCUT2D eigenvalue weighted by Gasteiger charge is -2.20. The Hall–Kier alpha value is -1.63. The Morgan fingerprint density at radius 2 is 2.25 bits per heavy atom. The van der Waals surface area contributed by atoms with Crippen molar-refractivity contribution >= 4 is 21.5 Å².